The summed E-state index contributed by atoms with van der Waals surface area (Å²) in [5, 5.41) is 8.28. The third kappa shape index (κ3) is 6.90. The fourth-order valence-corrected chi connectivity index (χ4v) is 1.11. The van der Waals surface area contributed by atoms with Crippen molar-refractivity contribution >= 4 is 11.8 Å². The maximum absolute atomic E-state index is 11.2. The van der Waals surface area contributed by atoms with Gasteiger partial charge in [-0.25, -0.2) is 0 Å². The van der Waals surface area contributed by atoms with Gasteiger partial charge in [-0.1, -0.05) is 0 Å². The highest BCUT2D eigenvalue weighted by atomic mass is 16.2. The molecule has 0 aromatic rings. The van der Waals surface area contributed by atoms with Gasteiger partial charge < -0.3 is 16.0 Å². The topological polar surface area (TPSA) is 70.2 Å². The first-order valence-corrected chi connectivity index (χ1v) is 5.21. The monoisotopic (exact) mass is 215 g/mol. The van der Waals surface area contributed by atoms with Crippen molar-refractivity contribution in [3.63, 3.8) is 0 Å². The molecule has 0 radical (unpaired) electrons. The zero-order valence-electron chi connectivity index (χ0n) is 9.89. The molecule has 0 saturated carbocycles. The largest absolute Gasteiger partial charge is 0.358 e. The number of likely N-dealkylation sites (N-methyl/N-ethyl adjacent to an activating group) is 1. The van der Waals surface area contributed by atoms with E-state index in [2.05, 4.69) is 16.0 Å². The molecule has 5 heteroatoms. The van der Waals surface area contributed by atoms with Gasteiger partial charge in [0.2, 0.25) is 11.8 Å². The van der Waals surface area contributed by atoms with Gasteiger partial charge in [-0.3, -0.25) is 9.59 Å². The van der Waals surface area contributed by atoms with E-state index in [0.29, 0.717) is 13.0 Å². The number of hydrogen-bond acceptors (Lipinski definition) is 3. The lowest BCUT2D eigenvalue weighted by molar-refractivity contribution is -0.123. The van der Waals surface area contributed by atoms with Gasteiger partial charge in [0.1, 0.15) is 0 Å². The van der Waals surface area contributed by atoms with Gasteiger partial charge in [-0.15, -0.1) is 0 Å². The van der Waals surface area contributed by atoms with Crippen LogP contribution in [0.3, 0.4) is 0 Å². The predicted octanol–water partition coefficient (Wildman–Crippen LogP) is -0.375. The number of nitrogens with one attached hydrogen (secondary N) is 3. The standard InChI is InChI=1S/C10H21N3O2/c1-7(2)13-9(14)5-6-12-8(3)10(15)11-4/h7-8,12H,5-6H2,1-4H3,(H,11,15)(H,13,14). The number of amides is 2. The van der Waals surface area contributed by atoms with E-state index in [1.165, 1.54) is 0 Å². The van der Waals surface area contributed by atoms with Crippen LogP contribution in [0.5, 0.6) is 0 Å². The SMILES string of the molecule is CNC(=O)C(C)NCCC(=O)NC(C)C. The zero-order valence-corrected chi connectivity index (χ0v) is 9.89. The Labute approximate surface area is 91.0 Å². The molecular weight excluding hydrogens is 194 g/mol. The van der Waals surface area contributed by atoms with E-state index in [4.69, 9.17) is 0 Å². The van der Waals surface area contributed by atoms with Crippen molar-refractivity contribution in [2.45, 2.75) is 39.3 Å². The normalized spacial score (nSPS) is 12.3. The van der Waals surface area contributed by atoms with Crippen LogP contribution in [0.2, 0.25) is 0 Å². The third-order valence-electron chi connectivity index (χ3n) is 1.89. The second kappa shape index (κ2) is 7.23. The van der Waals surface area contributed by atoms with Crippen molar-refractivity contribution in [1.29, 1.82) is 0 Å². The Kier molecular flexibility index (Phi) is 6.70. The minimum Gasteiger partial charge on any atom is -0.358 e. The second-order valence-electron chi connectivity index (χ2n) is 3.76. The van der Waals surface area contributed by atoms with Crippen LogP contribution < -0.4 is 16.0 Å². The Hall–Kier alpha value is -1.10. The average Bonchev–Trinajstić information content (AvgIpc) is 2.15. The summed E-state index contributed by atoms with van der Waals surface area (Å²) < 4.78 is 0. The minimum absolute atomic E-state index is 0.00149. The summed E-state index contributed by atoms with van der Waals surface area (Å²) in [4.78, 5) is 22.3. The van der Waals surface area contributed by atoms with Crippen molar-refractivity contribution in [1.82, 2.24) is 16.0 Å². The molecular formula is C10H21N3O2. The summed E-state index contributed by atoms with van der Waals surface area (Å²) in [6.07, 6.45) is 0.388. The van der Waals surface area contributed by atoms with Crippen molar-refractivity contribution in [2.24, 2.45) is 0 Å². The van der Waals surface area contributed by atoms with Gasteiger partial charge in [0.15, 0.2) is 0 Å². The molecule has 0 rings (SSSR count). The van der Waals surface area contributed by atoms with E-state index in [9.17, 15) is 9.59 Å². The molecule has 0 aliphatic carbocycles. The second-order valence-corrected chi connectivity index (χ2v) is 3.76. The van der Waals surface area contributed by atoms with Crippen LogP contribution in [0.1, 0.15) is 27.2 Å². The molecule has 0 aliphatic heterocycles. The lowest BCUT2D eigenvalue weighted by Crippen LogP contribution is -2.42. The first-order chi connectivity index (χ1) is 6.97. The fourth-order valence-electron chi connectivity index (χ4n) is 1.11. The molecule has 0 aromatic carbocycles. The molecule has 88 valence electrons. The Balaban J connectivity index is 3.61. The average molecular weight is 215 g/mol. The number of carbonyl (C=O) groups excluding carboxylic acids is 2. The minimum atomic E-state index is -0.262. The summed E-state index contributed by atoms with van der Waals surface area (Å²) in [7, 11) is 1.59. The number of hydrogen-bond donors (Lipinski definition) is 3. The molecule has 2 amide bonds. The maximum atomic E-state index is 11.2. The van der Waals surface area contributed by atoms with Crippen LogP contribution in [0, 0.1) is 0 Å². The molecule has 0 saturated heterocycles. The first-order valence-electron chi connectivity index (χ1n) is 5.21. The van der Waals surface area contributed by atoms with Gasteiger partial charge in [0, 0.05) is 26.1 Å². The van der Waals surface area contributed by atoms with Crippen molar-refractivity contribution in [3.8, 4) is 0 Å². The summed E-state index contributed by atoms with van der Waals surface area (Å²) in [6.45, 7) is 6.10. The van der Waals surface area contributed by atoms with Crippen LogP contribution in [-0.4, -0.2) is 37.5 Å². The molecule has 0 spiro atoms. The molecule has 0 aliphatic rings. The van der Waals surface area contributed by atoms with E-state index >= 15 is 0 Å². The lowest BCUT2D eigenvalue weighted by atomic mass is 10.3. The highest BCUT2D eigenvalue weighted by molar-refractivity contribution is 5.81. The Morgan fingerprint density at radius 3 is 2.27 bits per heavy atom. The molecule has 5 nitrogen and oxygen atoms in total. The number of rotatable bonds is 6. The molecule has 3 N–H and O–H groups in total. The summed E-state index contributed by atoms with van der Waals surface area (Å²) >= 11 is 0. The van der Waals surface area contributed by atoms with Gasteiger partial charge in [0.25, 0.3) is 0 Å². The Morgan fingerprint density at radius 1 is 1.20 bits per heavy atom. The lowest BCUT2D eigenvalue weighted by Gasteiger charge is -2.12. The van der Waals surface area contributed by atoms with E-state index in [-0.39, 0.29) is 23.9 Å². The van der Waals surface area contributed by atoms with E-state index in [0.717, 1.165) is 0 Å². The van der Waals surface area contributed by atoms with E-state index in [1.54, 1.807) is 14.0 Å². The van der Waals surface area contributed by atoms with Gasteiger partial charge >= 0.3 is 0 Å². The summed E-state index contributed by atoms with van der Waals surface area (Å²) in [5.74, 6) is -0.0686. The van der Waals surface area contributed by atoms with E-state index in [1.807, 2.05) is 13.8 Å². The van der Waals surface area contributed by atoms with Crippen molar-refractivity contribution < 1.29 is 9.59 Å². The van der Waals surface area contributed by atoms with Crippen molar-refractivity contribution in [3.05, 3.63) is 0 Å². The first kappa shape index (κ1) is 13.9. The molecule has 0 fully saturated rings. The Bertz CT molecular complexity index is 217. The van der Waals surface area contributed by atoms with E-state index < -0.39 is 0 Å². The fraction of sp³-hybridized carbons (Fsp3) is 0.800. The third-order valence-corrected chi connectivity index (χ3v) is 1.89. The van der Waals surface area contributed by atoms with Crippen LogP contribution >= 0.6 is 0 Å². The smallest absolute Gasteiger partial charge is 0.236 e. The predicted molar refractivity (Wildman–Crippen MR) is 59.4 cm³/mol. The summed E-state index contributed by atoms with van der Waals surface area (Å²) in [5.41, 5.74) is 0. The van der Waals surface area contributed by atoms with Crippen LogP contribution in [0.4, 0.5) is 0 Å². The van der Waals surface area contributed by atoms with Crippen molar-refractivity contribution in [2.75, 3.05) is 13.6 Å². The molecule has 1 atom stereocenters. The highest BCUT2D eigenvalue weighted by Gasteiger charge is 2.10. The van der Waals surface area contributed by atoms with Gasteiger partial charge in [-0.05, 0) is 20.8 Å². The van der Waals surface area contributed by atoms with Gasteiger partial charge in [0.05, 0.1) is 6.04 Å². The summed E-state index contributed by atoms with van der Waals surface area (Å²) in [6, 6.07) is -0.101. The maximum Gasteiger partial charge on any atom is 0.236 e. The van der Waals surface area contributed by atoms with Gasteiger partial charge in [-0.2, -0.15) is 0 Å². The molecule has 0 aromatic heterocycles. The molecule has 15 heavy (non-hydrogen) atoms. The quantitative estimate of drug-likeness (QED) is 0.566. The molecule has 0 heterocycles. The van der Waals surface area contributed by atoms with Crippen LogP contribution in [-0.2, 0) is 9.59 Å². The molecule has 1 unspecified atom stereocenters. The van der Waals surface area contributed by atoms with Crippen LogP contribution in [0.25, 0.3) is 0 Å². The number of carbonyl (C=O) groups is 2. The zero-order chi connectivity index (χ0) is 11.8. The highest BCUT2D eigenvalue weighted by Crippen LogP contribution is 1.85. The van der Waals surface area contributed by atoms with Crippen LogP contribution in [0.15, 0.2) is 0 Å². The Morgan fingerprint density at radius 2 is 1.80 bits per heavy atom. The molecule has 0 bridgehead atoms.